The highest BCUT2D eigenvalue weighted by Gasteiger charge is 2.10. The maximum atomic E-state index is 12.5. The summed E-state index contributed by atoms with van der Waals surface area (Å²) in [6, 6.07) is 5.13. The van der Waals surface area contributed by atoms with Gasteiger partial charge in [-0.3, -0.25) is 4.99 Å². The van der Waals surface area contributed by atoms with Crippen molar-refractivity contribution >= 4 is 29.9 Å². The Balaban J connectivity index is 0.00000529. The van der Waals surface area contributed by atoms with Gasteiger partial charge in [-0.25, -0.2) is 0 Å². The number of hydrogen-bond acceptors (Lipinski definition) is 3. The standard InChI is InChI=1S/C16H26F2N4O.HI/c1-12-6-7-14(23-15(17)18)13(10-12)11-21-16(19-2)20-8-5-9-22(3)4;/h6-7,10,15H,5,8-9,11H2,1-4H3,(H2,19,20,21);1H. The smallest absolute Gasteiger partial charge is 0.387 e. The molecule has 24 heavy (non-hydrogen) atoms. The highest BCUT2D eigenvalue weighted by Crippen LogP contribution is 2.21. The number of rotatable bonds is 8. The molecule has 0 heterocycles. The van der Waals surface area contributed by atoms with Gasteiger partial charge in [-0.2, -0.15) is 8.78 Å². The number of guanidine groups is 1. The summed E-state index contributed by atoms with van der Waals surface area (Å²) >= 11 is 0. The van der Waals surface area contributed by atoms with Gasteiger partial charge in [0.1, 0.15) is 5.75 Å². The van der Waals surface area contributed by atoms with Gasteiger partial charge in [-0.05, 0) is 40.1 Å². The lowest BCUT2D eigenvalue weighted by Crippen LogP contribution is -2.38. The van der Waals surface area contributed by atoms with E-state index in [1.807, 2.05) is 27.1 Å². The van der Waals surface area contributed by atoms with Crippen molar-refractivity contribution in [2.24, 2.45) is 4.99 Å². The third-order valence-electron chi connectivity index (χ3n) is 3.18. The molecule has 0 bridgehead atoms. The van der Waals surface area contributed by atoms with Crippen molar-refractivity contribution in [3.05, 3.63) is 29.3 Å². The average molecular weight is 456 g/mol. The van der Waals surface area contributed by atoms with Crippen LogP contribution in [-0.2, 0) is 6.54 Å². The summed E-state index contributed by atoms with van der Waals surface area (Å²) in [6.07, 6.45) is 0.984. The highest BCUT2D eigenvalue weighted by molar-refractivity contribution is 14.0. The molecule has 0 aliphatic carbocycles. The van der Waals surface area contributed by atoms with Crippen LogP contribution in [0.5, 0.6) is 5.75 Å². The van der Waals surface area contributed by atoms with Crippen LogP contribution < -0.4 is 15.4 Å². The van der Waals surface area contributed by atoms with Crippen molar-refractivity contribution in [1.29, 1.82) is 0 Å². The van der Waals surface area contributed by atoms with Gasteiger partial charge in [-0.15, -0.1) is 24.0 Å². The van der Waals surface area contributed by atoms with E-state index in [-0.39, 0.29) is 29.7 Å². The number of ether oxygens (including phenoxy) is 1. The van der Waals surface area contributed by atoms with Gasteiger partial charge in [0.15, 0.2) is 5.96 Å². The highest BCUT2D eigenvalue weighted by atomic mass is 127. The van der Waals surface area contributed by atoms with Gasteiger partial charge in [0.05, 0.1) is 0 Å². The third kappa shape index (κ3) is 9.21. The second-order valence-electron chi connectivity index (χ2n) is 5.50. The molecule has 1 aromatic rings. The lowest BCUT2D eigenvalue weighted by atomic mass is 10.1. The van der Waals surface area contributed by atoms with Gasteiger partial charge in [-0.1, -0.05) is 17.7 Å². The molecule has 0 spiro atoms. The first-order valence-electron chi connectivity index (χ1n) is 7.56. The molecule has 0 aliphatic heterocycles. The van der Waals surface area contributed by atoms with E-state index in [1.165, 1.54) is 0 Å². The van der Waals surface area contributed by atoms with Crippen molar-refractivity contribution in [2.75, 3.05) is 34.2 Å². The van der Waals surface area contributed by atoms with Crippen LogP contribution in [-0.4, -0.2) is 51.7 Å². The summed E-state index contributed by atoms with van der Waals surface area (Å²) < 4.78 is 29.5. The Bertz CT molecular complexity index is 513. The zero-order valence-corrected chi connectivity index (χ0v) is 16.9. The molecule has 0 aromatic heterocycles. The number of aryl methyl sites for hydroxylation is 1. The Morgan fingerprint density at radius 2 is 2.00 bits per heavy atom. The predicted molar refractivity (Wildman–Crippen MR) is 105 cm³/mol. The van der Waals surface area contributed by atoms with Crippen molar-refractivity contribution in [2.45, 2.75) is 26.5 Å². The van der Waals surface area contributed by atoms with E-state index < -0.39 is 6.61 Å². The maximum Gasteiger partial charge on any atom is 0.387 e. The van der Waals surface area contributed by atoms with E-state index in [1.54, 1.807) is 19.2 Å². The topological polar surface area (TPSA) is 48.9 Å². The largest absolute Gasteiger partial charge is 0.434 e. The zero-order chi connectivity index (χ0) is 17.2. The molecular formula is C16H27F2IN4O. The second-order valence-corrected chi connectivity index (χ2v) is 5.50. The molecule has 0 saturated carbocycles. The number of nitrogens with one attached hydrogen (secondary N) is 2. The van der Waals surface area contributed by atoms with Crippen LogP contribution in [0.15, 0.2) is 23.2 Å². The monoisotopic (exact) mass is 456 g/mol. The summed E-state index contributed by atoms with van der Waals surface area (Å²) in [5, 5.41) is 6.31. The van der Waals surface area contributed by atoms with E-state index >= 15 is 0 Å². The van der Waals surface area contributed by atoms with E-state index in [2.05, 4.69) is 25.3 Å². The fourth-order valence-electron chi connectivity index (χ4n) is 2.06. The summed E-state index contributed by atoms with van der Waals surface area (Å²) in [4.78, 5) is 6.23. The summed E-state index contributed by atoms with van der Waals surface area (Å²) in [6.45, 7) is 1.20. The number of hydrogen-bond donors (Lipinski definition) is 2. The van der Waals surface area contributed by atoms with Crippen LogP contribution in [0.4, 0.5) is 8.78 Å². The number of benzene rings is 1. The van der Waals surface area contributed by atoms with Gasteiger partial charge in [0, 0.05) is 25.7 Å². The Hall–Kier alpha value is -1.16. The van der Waals surface area contributed by atoms with Crippen LogP contribution in [0.1, 0.15) is 17.5 Å². The van der Waals surface area contributed by atoms with Crippen LogP contribution in [0.2, 0.25) is 0 Å². The first kappa shape index (κ1) is 22.8. The molecule has 1 rings (SSSR count). The Labute approximate surface area is 159 Å². The molecule has 5 nitrogen and oxygen atoms in total. The number of halogens is 3. The van der Waals surface area contributed by atoms with Gasteiger partial charge in [0.25, 0.3) is 0 Å². The summed E-state index contributed by atoms with van der Waals surface area (Å²) in [5.74, 6) is 0.814. The van der Waals surface area contributed by atoms with E-state index in [0.29, 0.717) is 18.1 Å². The van der Waals surface area contributed by atoms with Crippen molar-refractivity contribution in [3.63, 3.8) is 0 Å². The van der Waals surface area contributed by atoms with Crippen LogP contribution >= 0.6 is 24.0 Å². The average Bonchev–Trinajstić information content (AvgIpc) is 2.48. The van der Waals surface area contributed by atoms with Crippen LogP contribution in [0, 0.1) is 6.92 Å². The van der Waals surface area contributed by atoms with Crippen molar-refractivity contribution < 1.29 is 13.5 Å². The minimum Gasteiger partial charge on any atom is -0.434 e. The number of nitrogens with zero attached hydrogens (tertiary/aromatic N) is 2. The zero-order valence-electron chi connectivity index (χ0n) is 14.6. The Morgan fingerprint density at radius 1 is 1.29 bits per heavy atom. The van der Waals surface area contributed by atoms with Crippen LogP contribution in [0.25, 0.3) is 0 Å². The molecule has 1 aromatic carbocycles. The minimum atomic E-state index is -2.83. The Kier molecular flexibility index (Phi) is 11.6. The lowest BCUT2D eigenvalue weighted by molar-refractivity contribution is -0.0504. The molecular weight excluding hydrogens is 429 g/mol. The molecule has 8 heteroatoms. The maximum absolute atomic E-state index is 12.5. The van der Waals surface area contributed by atoms with Crippen LogP contribution in [0.3, 0.4) is 0 Å². The molecule has 0 atom stereocenters. The summed E-state index contributed by atoms with van der Waals surface area (Å²) in [7, 11) is 5.72. The molecule has 2 N–H and O–H groups in total. The molecule has 0 amide bonds. The van der Waals surface area contributed by atoms with Gasteiger partial charge in [0.2, 0.25) is 0 Å². The van der Waals surface area contributed by atoms with E-state index in [0.717, 1.165) is 25.1 Å². The lowest BCUT2D eigenvalue weighted by Gasteiger charge is -2.16. The molecule has 0 fully saturated rings. The normalized spacial score (nSPS) is 11.4. The molecule has 0 unspecified atom stereocenters. The minimum absolute atomic E-state index is 0. The van der Waals surface area contributed by atoms with Gasteiger partial charge < -0.3 is 20.3 Å². The van der Waals surface area contributed by atoms with E-state index in [4.69, 9.17) is 0 Å². The first-order chi connectivity index (χ1) is 10.9. The number of aliphatic imine (C=N–C) groups is 1. The molecule has 138 valence electrons. The second kappa shape index (κ2) is 12.2. The molecule has 0 saturated heterocycles. The molecule has 0 aliphatic rings. The van der Waals surface area contributed by atoms with Crippen molar-refractivity contribution in [1.82, 2.24) is 15.5 Å². The summed E-state index contributed by atoms with van der Waals surface area (Å²) in [5.41, 5.74) is 1.65. The van der Waals surface area contributed by atoms with Gasteiger partial charge >= 0.3 is 6.61 Å². The first-order valence-corrected chi connectivity index (χ1v) is 7.56. The Morgan fingerprint density at radius 3 is 2.58 bits per heavy atom. The fraction of sp³-hybridized carbons (Fsp3) is 0.562. The van der Waals surface area contributed by atoms with Crippen molar-refractivity contribution in [3.8, 4) is 5.75 Å². The molecule has 0 radical (unpaired) electrons. The third-order valence-corrected chi connectivity index (χ3v) is 3.18. The SMILES string of the molecule is CN=C(NCCCN(C)C)NCc1cc(C)ccc1OC(F)F.I. The van der Waals surface area contributed by atoms with E-state index in [9.17, 15) is 8.78 Å². The number of alkyl halides is 2. The quantitative estimate of drug-likeness (QED) is 0.274. The fourth-order valence-corrected chi connectivity index (χ4v) is 2.06. The predicted octanol–water partition coefficient (Wildman–Crippen LogP) is 2.83.